The highest BCUT2D eigenvalue weighted by Crippen LogP contribution is 2.17. The van der Waals surface area contributed by atoms with E-state index < -0.39 is 4.92 Å². The van der Waals surface area contributed by atoms with E-state index in [-0.39, 0.29) is 17.2 Å². The van der Waals surface area contributed by atoms with Gasteiger partial charge in [0.2, 0.25) is 5.95 Å². The second-order valence-corrected chi connectivity index (χ2v) is 4.40. The molecular formula is C14H10N4O3. The number of nitrogens with two attached hydrogens (primary N) is 1. The number of rotatable bonds is 2. The molecule has 104 valence electrons. The maximum Gasteiger partial charge on any atom is 0.269 e. The molecule has 0 aliphatic rings. The van der Waals surface area contributed by atoms with Crippen LogP contribution in [0.5, 0.6) is 0 Å². The van der Waals surface area contributed by atoms with Crippen LogP contribution in [0.3, 0.4) is 0 Å². The highest BCUT2D eigenvalue weighted by Gasteiger charge is 2.11. The van der Waals surface area contributed by atoms with Crippen molar-refractivity contribution in [1.29, 1.82) is 0 Å². The highest BCUT2D eigenvalue weighted by molar-refractivity contribution is 5.79. The van der Waals surface area contributed by atoms with E-state index in [2.05, 4.69) is 4.98 Å². The zero-order chi connectivity index (χ0) is 15.0. The Morgan fingerprint density at radius 3 is 2.43 bits per heavy atom. The van der Waals surface area contributed by atoms with E-state index in [0.717, 1.165) is 0 Å². The van der Waals surface area contributed by atoms with Crippen LogP contribution in [-0.2, 0) is 0 Å². The Bertz CT molecular complexity index is 900. The second kappa shape index (κ2) is 4.71. The Labute approximate surface area is 118 Å². The molecule has 0 fully saturated rings. The zero-order valence-corrected chi connectivity index (χ0v) is 10.8. The summed E-state index contributed by atoms with van der Waals surface area (Å²) in [5.74, 6) is 0.0348. The standard InChI is InChI=1S/C14H10N4O3/c15-14-16-12-4-2-1-3-11(12)13(19)17(14)9-5-7-10(8-6-9)18(20)21/h1-8H,(H2,15,16). The number of nitro benzene ring substituents is 1. The smallest absolute Gasteiger partial charge is 0.269 e. The first-order valence-corrected chi connectivity index (χ1v) is 6.10. The molecule has 1 heterocycles. The third kappa shape index (κ3) is 2.10. The van der Waals surface area contributed by atoms with E-state index >= 15 is 0 Å². The summed E-state index contributed by atoms with van der Waals surface area (Å²) < 4.78 is 1.23. The molecule has 7 nitrogen and oxygen atoms in total. The van der Waals surface area contributed by atoms with Gasteiger partial charge in [0, 0.05) is 12.1 Å². The van der Waals surface area contributed by atoms with Gasteiger partial charge in [0.15, 0.2) is 0 Å². The molecule has 0 aliphatic heterocycles. The van der Waals surface area contributed by atoms with Crippen LogP contribution in [0.15, 0.2) is 53.3 Å². The molecular weight excluding hydrogens is 272 g/mol. The third-order valence-corrected chi connectivity index (χ3v) is 3.12. The lowest BCUT2D eigenvalue weighted by atomic mass is 10.2. The molecule has 0 aliphatic carbocycles. The van der Waals surface area contributed by atoms with Crippen molar-refractivity contribution in [1.82, 2.24) is 9.55 Å². The van der Waals surface area contributed by atoms with Crippen LogP contribution in [0.25, 0.3) is 16.6 Å². The monoisotopic (exact) mass is 282 g/mol. The van der Waals surface area contributed by atoms with Crippen molar-refractivity contribution in [3.8, 4) is 5.69 Å². The number of aromatic nitrogens is 2. The van der Waals surface area contributed by atoms with Gasteiger partial charge < -0.3 is 5.73 Å². The van der Waals surface area contributed by atoms with Crippen LogP contribution >= 0.6 is 0 Å². The van der Waals surface area contributed by atoms with Gasteiger partial charge in [-0.3, -0.25) is 14.9 Å². The molecule has 0 bridgehead atoms. The highest BCUT2D eigenvalue weighted by atomic mass is 16.6. The van der Waals surface area contributed by atoms with Crippen molar-refractivity contribution in [2.24, 2.45) is 0 Å². The number of fused-ring (bicyclic) bond motifs is 1. The minimum Gasteiger partial charge on any atom is -0.369 e. The van der Waals surface area contributed by atoms with Crippen molar-refractivity contribution in [3.63, 3.8) is 0 Å². The van der Waals surface area contributed by atoms with Gasteiger partial charge in [0.1, 0.15) is 0 Å². The van der Waals surface area contributed by atoms with Gasteiger partial charge in [-0.15, -0.1) is 0 Å². The van der Waals surface area contributed by atoms with Crippen molar-refractivity contribution >= 4 is 22.5 Å². The summed E-state index contributed by atoms with van der Waals surface area (Å²) in [6, 6.07) is 12.4. The van der Waals surface area contributed by atoms with Gasteiger partial charge in [-0.25, -0.2) is 9.55 Å². The number of nitro groups is 1. The first-order valence-electron chi connectivity index (χ1n) is 6.10. The summed E-state index contributed by atoms with van der Waals surface area (Å²) in [6.45, 7) is 0. The topological polar surface area (TPSA) is 104 Å². The second-order valence-electron chi connectivity index (χ2n) is 4.40. The first-order chi connectivity index (χ1) is 10.1. The zero-order valence-electron chi connectivity index (χ0n) is 10.8. The average molecular weight is 282 g/mol. The lowest BCUT2D eigenvalue weighted by molar-refractivity contribution is -0.384. The number of anilines is 1. The van der Waals surface area contributed by atoms with E-state index in [9.17, 15) is 14.9 Å². The summed E-state index contributed by atoms with van der Waals surface area (Å²) in [6.07, 6.45) is 0. The fourth-order valence-electron chi connectivity index (χ4n) is 2.12. The fraction of sp³-hybridized carbons (Fsp3) is 0. The molecule has 0 unspecified atom stereocenters. The maximum atomic E-state index is 12.5. The molecule has 3 aromatic rings. The van der Waals surface area contributed by atoms with Gasteiger partial charge in [-0.2, -0.15) is 0 Å². The minimum atomic E-state index is -0.505. The quantitative estimate of drug-likeness (QED) is 0.570. The molecule has 0 saturated heterocycles. The van der Waals surface area contributed by atoms with E-state index in [1.807, 2.05) is 0 Å². The number of nitrogen functional groups attached to an aromatic ring is 1. The summed E-state index contributed by atoms with van der Waals surface area (Å²) in [4.78, 5) is 26.8. The van der Waals surface area contributed by atoms with E-state index in [4.69, 9.17) is 5.73 Å². The number of non-ortho nitro benzene ring substituents is 1. The number of hydrogen-bond acceptors (Lipinski definition) is 5. The Morgan fingerprint density at radius 2 is 1.76 bits per heavy atom. The Morgan fingerprint density at radius 1 is 1.10 bits per heavy atom. The molecule has 0 saturated carbocycles. The fourth-order valence-corrected chi connectivity index (χ4v) is 2.12. The van der Waals surface area contributed by atoms with Crippen LogP contribution in [0, 0.1) is 10.1 Å². The number of hydrogen-bond donors (Lipinski definition) is 1. The molecule has 0 amide bonds. The predicted octanol–water partition coefficient (Wildman–Crippen LogP) is 1.88. The third-order valence-electron chi connectivity index (χ3n) is 3.12. The average Bonchev–Trinajstić information content (AvgIpc) is 2.48. The molecule has 2 N–H and O–H groups in total. The van der Waals surface area contributed by atoms with Gasteiger partial charge in [-0.05, 0) is 24.3 Å². The van der Waals surface area contributed by atoms with Crippen molar-refractivity contribution in [2.45, 2.75) is 0 Å². The summed E-state index contributed by atoms with van der Waals surface area (Å²) in [5, 5.41) is 11.1. The molecule has 0 radical (unpaired) electrons. The van der Waals surface area contributed by atoms with Crippen LogP contribution in [0.2, 0.25) is 0 Å². The molecule has 0 spiro atoms. The number of para-hydroxylation sites is 1. The molecule has 7 heteroatoms. The largest absolute Gasteiger partial charge is 0.369 e. The van der Waals surface area contributed by atoms with Gasteiger partial charge >= 0.3 is 0 Å². The number of benzene rings is 2. The van der Waals surface area contributed by atoms with Crippen molar-refractivity contribution < 1.29 is 4.92 Å². The van der Waals surface area contributed by atoms with E-state index in [0.29, 0.717) is 16.6 Å². The molecule has 21 heavy (non-hydrogen) atoms. The van der Waals surface area contributed by atoms with Gasteiger partial charge in [-0.1, -0.05) is 12.1 Å². The van der Waals surface area contributed by atoms with Crippen LogP contribution < -0.4 is 11.3 Å². The van der Waals surface area contributed by atoms with Crippen LogP contribution in [-0.4, -0.2) is 14.5 Å². The predicted molar refractivity (Wildman–Crippen MR) is 78.4 cm³/mol. The molecule has 0 atom stereocenters. The van der Waals surface area contributed by atoms with E-state index in [1.54, 1.807) is 24.3 Å². The molecule has 2 aromatic carbocycles. The molecule has 3 rings (SSSR count). The number of nitrogens with zero attached hydrogens (tertiary/aromatic N) is 3. The van der Waals surface area contributed by atoms with E-state index in [1.165, 1.54) is 28.8 Å². The van der Waals surface area contributed by atoms with Crippen LogP contribution in [0.1, 0.15) is 0 Å². The maximum absolute atomic E-state index is 12.5. The Hall–Kier alpha value is -3.22. The first kappa shape index (κ1) is 12.8. The summed E-state index contributed by atoms with van der Waals surface area (Å²) in [5.41, 5.74) is 6.41. The Balaban J connectivity index is 2.25. The normalized spacial score (nSPS) is 10.7. The summed E-state index contributed by atoms with van der Waals surface area (Å²) in [7, 11) is 0. The minimum absolute atomic E-state index is 0.0348. The van der Waals surface area contributed by atoms with Crippen molar-refractivity contribution in [3.05, 3.63) is 69.0 Å². The summed E-state index contributed by atoms with van der Waals surface area (Å²) >= 11 is 0. The molecule has 1 aromatic heterocycles. The van der Waals surface area contributed by atoms with Gasteiger partial charge in [0.05, 0.1) is 21.5 Å². The van der Waals surface area contributed by atoms with Crippen molar-refractivity contribution in [2.75, 3.05) is 5.73 Å². The van der Waals surface area contributed by atoms with Gasteiger partial charge in [0.25, 0.3) is 11.2 Å². The lowest BCUT2D eigenvalue weighted by Gasteiger charge is -2.09. The van der Waals surface area contributed by atoms with Crippen LogP contribution in [0.4, 0.5) is 11.6 Å². The Kier molecular flexibility index (Phi) is 2.87. The SMILES string of the molecule is Nc1nc2ccccc2c(=O)n1-c1ccc([N+](=O)[O-])cc1. The lowest BCUT2D eigenvalue weighted by Crippen LogP contribution is -2.22.